The Morgan fingerprint density at radius 1 is 1.03 bits per heavy atom. The largest absolute Gasteiger partial charge is 0.363 e. The van der Waals surface area contributed by atoms with Crippen molar-refractivity contribution in [1.82, 2.24) is 10.2 Å². The second kappa shape index (κ2) is 7.27. The van der Waals surface area contributed by atoms with Gasteiger partial charge in [-0.15, -0.1) is 0 Å². The summed E-state index contributed by atoms with van der Waals surface area (Å²) in [4.78, 5) is 28.6. The van der Waals surface area contributed by atoms with Crippen LogP contribution < -0.4 is 10.2 Å². The van der Waals surface area contributed by atoms with E-state index >= 15 is 0 Å². The van der Waals surface area contributed by atoms with Gasteiger partial charge in [-0.25, -0.2) is 0 Å². The molecule has 0 radical (unpaired) electrons. The van der Waals surface area contributed by atoms with Gasteiger partial charge in [0.15, 0.2) is 0 Å². The molecule has 4 saturated carbocycles. The van der Waals surface area contributed by atoms with Gasteiger partial charge in [-0.1, -0.05) is 0 Å². The summed E-state index contributed by atoms with van der Waals surface area (Å²) < 4.78 is 0. The number of amides is 1. The Hall–Kier alpha value is -2.15. The van der Waals surface area contributed by atoms with Gasteiger partial charge in [0, 0.05) is 43.9 Å². The van der Waals surface area contributed by atoms with Gasteiger partial charge in [0.2, 0.25) is 0 Å². The molecular formula is C22H30N4O3. The van der Waals surface area contributed by atoms with Crippen molar-refractivity contribution in [2.45, 2.75) is 38.1 Å². The second-order valence-electron chi connectivity index (χ2n) is 9.68. The predicted octanol–water partition coefficient (Wildman–Crippen LogP) is 2.90. The van der Waals surface area contributed by atoms with Crippen molar-refractivity contribution >= 4 is 17.3 Å². The Morgan fingerprint density at radius 3 is 2.24 bits per heavy atom. The number of nitro groups is 1. The Bertz CT molecular complexity index is 790. The van der Waals surface area contributed by atoms with Crippen molar-refractivity contribution in [3.63, 3.8) is 0 Å². The number of likely N-dealkylation sites (N-methyl/N-ethyl adjacent to an activating group) is 1. The molecule has 1 aromatic rings. The van der Waals surface area contributed by atoms with E-state index in [0.717, 1.165) is 38.0 Å². The molecule has 1 amide bonds. The minimum atomic E-state index is -0.354. The molecule has 0 aromatic heterocycles. The average molecular weight is 399 g/mol. The van der Waals surface area contributed by atoms with Crippen molar-refractivity contribution in [1.29, 1.82) is 0 Å². The van der Waals surface area contributed by atoms with Gasteiger partial charge < -0.3 is 15.1 Å². The number of nitrogens with zero attached hydrogens (tertiary/aromatic N) is 3. The quantitative estimate of drug-likeness (QED) is 0.623. The number of hydrogen-bond donors (Lipinski definition) is 1. The number of anilines is 1. The van der Waals surface area contributed by atoms with E-state index in [4.69, 9.17) is 0 Å². The van der Waals surface area contributed by atoms with Crippen molar-refractivity contribution < 1.29 is 9.72 Å². The number of hydrogen-bond acceptors (Lipinski definition) is 5. The highest BCUT2D eigenvalue weighted by molar-refractivity contribution is 5.96. The molecule has 1 aliphatic heterocycles. The summed E-state index contributed by atoms with van der Waals surface area (Å²) in [5, 5.41) is 15.0. The lowest BCUT2D eigenvalue weighted by molar-refractivity contribution is -0.384. The maximum atomic E-state index is 13.0. The van der Waals surface area contributed by atoms with Crippen LogP contribution in [0.1, 0.15) is 42.5 Å². The van der Waals surface area contributed by atoms with E-state index in [1.54, 1.807) is 12.1 Å². The first kappa shape index (κ1) is 18.9. The van der Waals surface area contributed by atoms with E-state index in [9.17, 15) is 14.9 Å². The highest BCUT2D eigenvalue weighted by Gasteiger charge is 2.48. The molecular weight excluding hydrogens is 368 g/mol. The van der Waals surface area contributed by atoms with Gasteiger partial charge in [0.25, 0.3) is 11.6 Å². The summed E-state index contributed by atoms with van der Waals surface area (Å²) >= 11 is 0. The first-order valence-corrected chi connectivity index (χ1v) is 11.0. The summed E-state index contributed by atoms with van der Waals surface area (Å²) in [7, 11) is 2.06. The van der Waals surface area contributed by atoms with E-state index in [1.807, 2.05) is 0 Å². The van der Waals surface area contributed by atoms with Crippen molar-refractivity contribution in [3.05, 3.63) is 33.9 Å². The van der Waals surface area contributed by atoms with Crippen LogP contribution in [0.2, 0.25) is 0 Å². The molecule has 1 aromatic carbocycles. The summed E-state index contributed by atoms with van der Waals surface area (Å²) in [6, 6.07) is 5.23. The smallest absolute Gasteiger partial charge is 0.293 e. The number of carbonyl (C=O) groups is 1. The van der Waals surface area contributed by atoms with E-state index < -0.39 is 0 Å². The number of carbonyl (C=O) groups excluding carboxylic acids is 1. The number of nitro benzene ring substituents is 1. The molecule has 7 heteroatoms. The van der Waals surface area contributed by atoms with E-state index in [2.05, 4.69) is 22.2 Å². The molecule has 4 bridgehead atoms. The lowest BCUT2D eigenvalue weighted by atomic mass is 9.54. The molecule has 29 heavy (non-hydrogen) atoms. The van der Waals surface area contributed by atoms with Crippen molar-refractivity contribution in [3.8, 4) is 0 Å². The van der Waals surface area contributed by atoms with Gasteiger partial charge in [-0.05, 0) is 75.0 Å². The molecule has 5 aliphatic rings. The van der Waals surface area contributed by atoms with Gasteiger partial charge >= 0.3 is 0 Å². The molecule has 5 fully saturated rings. The van der Waals surface area contributed by atoms with E-state index in [0.29, 0.717) is 23.1 Å². The lowest BCUT2D eigenvalue weighted by Crippen LogP contribution is -2.55. The zero-order valence-electron chi connectivity index (χ0n) is 17.0. The molecule has 6 rings (SSSR count). The van der Waals surface area contributed by atoms with Crippen molar-refractivity contribution in [2.24, 2.45) is 23.7 Å². The molecule has 0 spiro atoms. The molecule has 4 aliphatic carbocycles. The third-order valence-corrected chi connectivity index (χ3v) is 7.80. The average Bonchev–Trinajstić information content (AvgIpc) is 2.70. The third kappa shape index (κ3) is 3.50. The van der Waals surface area contributed by atoms with E-state index in [-0.39, 0.29) is 22.6 Å². The highest BCUT2D eigenvalue weighted by atomic mass is 16.6. The SMILES string of the molecule is CN1CCN(c2ccc(C(=O)NC3C4CC5CC(C4)CC3C5)cc2[N+](=O)[O-])CC1. The fourth-order valence-electron chi connectivity index (χ4n) is 6.52. The van der Waals surface area contributed by atoms with Crippen LogP contribution >= 0.6 is 0 Å². The standard InChI is InChI=1S/C22H30N4O3/c1-24-4-6-25(7-5-24)19-3-2-16(13-20(19)26(28)29)22(27)23-21-17-9-14-8-15(11-17)12-18(21)10-14/h2-3,13-15,17-18,21H,4-12H2,1H3,(H,23,27). The Morgan fingerprint density at radius 2 is 1.66 bits per heavy atom. The maximum absolute atomic E-state index is 13.0. The van der Waals surface area contributed by atoms with E-state index in [1.165, 1.54) is 38.2 Å². The summed E-state index contributed by atoms with van der Waals surface area (Å²) in [6.45, 7) is 3.28. The van der Waals surface area contributed by atoms with Crippen LogP contribution in [-0.4, -0.2) is 55.0 Å². The second-order valence-corrected chi connectivity index (χ2v) is 9.68. The van der Waals surface area contributed by atoms with Gasteiger partial charge in [-0.3, -0.25) is 14.9 Å². The van der Waals surface area contributed by atoms with Crippen molar-refractivity contribution in [2.75, 3.05) is 38.1 Å². The van der Waals surface area contributed by atoms with Gasteiger partial charge in [-0.2, -0.15) is 0 Å². The molecule has 156 valence electrons. The lowest BCUT2D eigenvalue weighted by Gasteiger charge is -2.54. The minimum absolute atomic E-state index is 0.0345. The van der Waals surface area contributed by atoms with Crippen LogP contribution in [-0.2, 0) is 0 Å². The van der Waals surface area contributed by atoms with Crippen LogP contribution in [0.4, 0.5) is 11.4 Å². The summed E-state index contributed by atoms with van der Waals surface area (Å²) in [6.07, 6.45) is 6.33. The van der Waals surface area contributed by atoms with Crippen LogP contribution in [0.25, 0.3) is 0 Å². The number of benzene rings is 1. The number of piperazine rings is 1. The molecule has 7 nitrogen and oxygen atoms in total. The Labute approximate surface area is 171 Å². The van der Waals surface area contributed by atoms with Gasteiger partial charge in [0.05, 0.1) is 4.92 Å². The molecule has 0 unspecified atom stereocenters. The summed E-state index contributed by atoms with van der Waals surface area (Å²) in [5.74, 6) is 2.74. The minimum Gasteiger partial charge on any atom is -0.363 e. The van der Waals surface area contributed by atoms with Crippen LogP contribution in [0.5, 0.6) is 0 Å². The third-order valence-electron chi connectivity index (χ3n) is 7.80. The zero-order valence-corrected chi connectivity index (χ0v) is 17.0. The molecule has 1 heterocycles. The fourth-order valence-corrected chi connectivity index (χ4v) is 6.52. The Kier molecular flexibility index (Phi) is 4.73. The predicted molar refractivity (Wildman–Crippen MR) is 111 cm³/mol. The molecule has 1 N–H and O–H groups in total. The fraction of sp³-hybridized carbons (Fsp3) is 0.682. The number of nitrogens with one attached hydrogen (secondary N) is 1. The Balaban J connectivity index is 1.33. The monoisotopic (exact) mass is 398 g/mol. The highest BCUT2D eigenvalue weighted by Crippen LogP contribution is 2.53. The van der Waals surface area contributed by atoms with Gasteiger partial charge in [0.1, 0.15) is 5.69 Å². The first-order valence-electron chi connectivity index (χ1n) is 11.0. The van der Waals surface area contributed by atoms with Crippen LogP contribution in [0, 0.1) is 33.8 Å². The normalized spacial score (nSPS) is 33.7. The zero-order chi connectivity index (χ0) is 20.1. The van der Waals surface area contributed by atoms with Crippen LogP contribution in [0.3, 0.4) is 0 Å². The van der Waals surface area contributed by atoms with Crippen LogP contribution in [0.15, 0.2) is 18.2 Å². The maximum Gasteiger partial charge on any atom is 0.293 e. The number of rotatable bonds is 4. The summed E-state index contributed by atoms with van der Waals surface area (Å²) in [5.41, 5.74) is 1.06. The molecule has 1 saturated heterocycles. The first-order chi connectivity index (χ1) is 14.0. The topological polar surface area (TPSA) is 78.7 Å². The molecule has 0 atom stereocenters.